The molecule has 0 saturated carbocycles. The van der Waals surface area contributed by atoms with Crippen LogP contribution in [0.2, 0.25) is 0 Å². The molecule has 1 aliphatic rings. The van der Waals surface area contributed by atoms with Gasteiger partial charge in [-0.05, 0) is 23.2 Å². The minimum Gasteiger partial charge on any atom is -0.769 e. The summed E-state index contributed by atoms with van der Waals surface area (Å²) in [7, 11) is 0. The van der Waals surface area contributed by atoms with Crippen LogP contribution < -0.4 is 0 Å². The first-order valence-electron chi connectivity index (χ1n) is 2.37. The van der Waals surface area contributed by atoms with E-state index in [2.05, 4.69) is 4.74 Å². The molecule has 0 amide bonds. The highest BCUT2D eigenvalue weighted by Gasteiger charge is 2.03. The molecule has 1 rings (SSSR count). The molecule has 50 valence electrons. The van der Waals surface area contributed by atoms with Gasteiger partial charge < -0.3 is 9.29 Å². The van der Waals surface area contributed by atoms with E-state index in [-0.39, 0.29) is 0 Å². The van der Waals surface area contributed by atoms with Crippen molar-refractivity contribution in [1.82, 2.24) is 0 Å². The van der Waals surface area contributed by atoms with Gasteiger partial charge in [-0.3, -0.25) is 4.21 Å². The largest absolute Gasteiger partial charge is 0.769 e. The summed E-state index contributed by atoms with van der Waals surface area (Å²) >= 11 is -2.16. The SMILES string of the molecule is O=S([O-])C1C=CC=CO1. The maximum Gasteiger partial charge on any atom is 0.178 e. The van der Waals surface area contributed by atoms with E-state index in [4.69, 9.17) is 0 Å². The van der Waals surface area contributed by atoms with Gasteiger partial charge in [0.2, 0.25) is 0 Å². The Labute approximate surface area is 55.3 Å². The van der Waals surface area contributed by atoms with Gasteiger partial charge in [0, 0.05) is 0 Å². The normalized spacial score (nSPS) is 27.4. The molecule has 0 aliphatic carbocycles. The minimum atomic E-state index is -2.16. The third-order valence-electron chi connectivity index (χ3n) is 0.860. The number of hydrogen-bond donors (Lipinski definition) is 0. The number of allylic oxidation sites excluding steroid dienone is 2. The molecular weight excluding hydrogens is 140 g/mol. The lowest BCUT2D eigenvalue weighted by atomic mass is 10.4. The van der Waals surface area contributed by atoms with Gasteiger partial charge in [0.05, 0.1) is 6.26 Å². The minimum absolute atomic E-state index is 0.796. The van der Waals surface area contributed by atoms with E-state index in [0.717, 1.165) is 0 Å². The summed E-state index contributed by atoms with van der Waals surface area (Å²) < 4.78 is 24.9. The first-order chi connectivity index (χ1) is 4.30. The topological polar surface area (TPSA) is 49.4 Å². The van der Waals surface area contributed by atoms with Gasteiger partial charge in [0.1, 0.15) is 0 Å². The number of hydrogen-bond acceptors (Lipinski definition) is 3. The lowest BCUT2D eigenvalue weighted by Gasteiger charge is -2.16. The van der Waals surface area contributed by atoms with Crippen LogP contribution in [0.3, 0.4) is 0 Å². The molecule has 1 heterocycles. The van der Waals surface area contributed by atoms with E-state index in [9.17, 15) is 8.76 Å². The first-order valence-corrected chi connectivity index (χ1v) is 3.51. The first kappa shape index (κ1) is 6.51. The monoisotopic (exact) mass is 145 g/mol. The van der Waals surface area contributed by atoms with E-state index >= 15 is 0 Å². The molecule has 0 aromatic rings. The zero-order chi connectivity index (χ0) is 6.69. The van der Waals surface area contributed by atoms with Gasteiger partial charge in [-0.25, -0.2) is 0 Å². The Morgan fingerprint density at radius 1 is 1.56 bits per heavy atom. The average molecular weight is 145 g/mol. The lowest BCUT2D eigenvalue weighted by molar-refractivity contribution is 0.241. The van der Waals surface area contributed by atoms with Crippen LogP contribution in [-0.4, -0.2) is 14.2 Å². The standard InChI is InChI=1S/C5H6O3S/c6-9(7)5-3-1-2-4-8-5/h1-5H,(H,6,7)/p-1. The summed E-state index contributed by atoms with van der Waals surface area (Å²) in [4.78, 5) is 0. The van der Waals surface area contributed by atoms with Crippen LogP contribution in [0.25, 0.3) is 0 Å². The second kappa shape index (κ2) is 2.80. The predicted molar refractivity (Wildman–Crippen MR) is 32.1 cm³/mol. The molecule has 4 heteroatoms. The van der Waals surface area contributed by atoms with Gasteiger partial charge in [0.25, 0.3) is 0 Å². The number of ether oxygens (including phenoxy) is 1. The van der Waals surface area contributed by atoms with E-state index < -0.39 is 16.5 Å². The maximum atomic E-state index is 10.1. The van der Waals surface area contributed by atoms with Crippen molar-refractivity contribution in [3.8, 4) is 0 Å². The van der Waals surface area contributed by atoms with Crippen LogP contribution in [0, 0.1) is 0 Å². The van der Waals surface area contributed by atoms with Crippen molar-refractivity contribution in [3.05, 3.63) is 24.5 Å². The summed E-state index contributed by atoms with van der Waals surface area (Å²) in [5.41, 5.74) is -0.796. The molecule has 0 N–H and O–H groups in total. The predicted octanol–water partition coefficient (Wildman–Crippen LogP) is 0.292. The molecule has 0 aromatic heterocycles. The Kier molecular flexibility index (Phi) is 2.02. The van der Waals surface area contributed by atoms with E-state index in [1.807, 2.05) is 0 Å². The van der Waals surface area contributed by atoms with Crippen molar-refractivity contribution < 1.29 is 13.5 Å². The highest BCUT2D eigenvalue weighted by atomic mass is 32.2. The van der Waals surface area contributed by atoms with E-state index in [0.29, 0.717) is 0 Å². The van der Waals surface area contributed by atoms with E-state index in [1.165, 1.54) is 12.3 Å². The maximum absolute atomic E-state index is 10.1. The van der Waals surface area contributed by atoms with Crippen molar-refractivity contribution in [1.29, 1.82) is 0 Å². The molecular formula is C5H5O3S-. The van der Waals surface area contributed by atoms with Gasteiger partial charge in [-0.1, -0.05) is 6.08 Å². The van der Waals surface area contributed by atoms with Crippen molar-refractivity contribution in [3.63, 3.8) is 0 Å². The highest BCUT2D eigenvalue weighted by Crippen LogP contribution is 2.03. The quantitative estimate of drug-likeness (QED) is 0.498. The molecule has 2 atom stereocenters. The van der Waals surface area contributed by atoms with Gasteiger partial charge >= 0.3 is 0 Å². The molecule has 0 bridgehead atoms. The van der Waals surface area contributed by atoms with Gasteiger partial charge in [-0.2, -0.15) is 0 Å². The Bertz CT molecular complexity index is 173. The lowest BCUT2D eigenvalue weighted by Crippen LogP contribution is -2.14. The molecule has 0 radical (unpaired) electrons. The van der Waals surface area contributed by atoms with Crippen LogP contribution in [-0.2, 0) is 15.8 Å². The summed E-state index contributed by atoms with van der Waals surface area (Å²) in [6, 6.07) is 0. The Hall–Kier alpha value is -0.610. The smallest absolute Gasteiger partial charge is 0.178 e. The molecule has 0 saturated heterocycles. The Morgan fingerprint density at radius 3 is 2.67 bits per heavy atom. The zero-order valence-corrected chi connectivity index (χ0v) is 5.34. The fourth-order valence-corrected chi connectivity index (χ4v) is 0.852. The van der Waals surface area contributed by atoms with Crippen molar-refractivity contribution >= 4 is 11.1 Å². The average Bonchev–Trinajstić information content (AvgIpc) is 1.90. The van der Waals surface area contributed by atoms with Gasteiger partial charge in [-0.15, -0.1) is 0 Å². The molecule has 0 spiro atoms. The van der Waals surface area contributed by atoms with Crippen LogP contribution >= 0.6 is 0 Å². The fourth-order valence-electron chi connectivity index (χ4n) is 0.478. The molecule has 2 unspecified atom stereocenters. The van der Waals surface area contributed by atoms with Crippen molar-refractivity contribution in [2.45, 2.75) is 5.44 Å². The van der Waals surface area contributed by atoms with Crippen LogP contribution in [0.1, 0.15) is 0 Å². The summed E-state index contributed by atoms with van der Waals surface area (Å²) in [6.45, 7) is 0. The van der Waals surface area contributed by atoms with E-state index in [1.54, 1.807) is 12.2 Å². The molecule has 3 nitrogen and oxygen atoms in total. The summed E-state index contributed by atoms with van der Waals surface area (Å²) in [5.74, 6) is 0. The van der Waals surface area contributed by atoms with Crippen LogP contribution in [0.5, 0.6) is 0 Å². The van der Waals surface area contributed by atoms with Crippen molar-refractivity contribution in [2.24, 2.45) is 0 Å². The Morgan fingerprint density at radius 2 is 2.33 bits per heavy atom. The summed E-state index contributed by atoms with van der Waals surface area (Å²) in [6.07, 6.45) is 6.07. The van der Waals surface area contributed by atoms with Crippen molar-refractivity contribution in [2.75, 3.05) is 0 Å². The zero-order valence-electron chi connectivity index (χ0n) is 4.52. The second-order valence-corrected chi connectivity index (χ2v) is 2.46. The van der Waals surface area contributed by atoms with Crippen LogP contribution in [0.4, 0.5) is 0 Å². The van der Waals surface area contributed by atoms with Crippen LogP contribution in [0.15, 0.2) is 24.5 Å². The second-order valence-electron chi connectivity index (χ2n) is 1.48. The molecule has 1 aliphatic heterocycles. The molecule has 0 aromatic carbocycles. The fraction of sp³-hybridized carbons (Fsp3) is 0.200. The van der Waals surface area contributed by atoms with Gasteiger partial charge in [0.15, 0.2) is 5.44 Å². The molecule has 9 heavy (non-hydrogen) atoms. The number of rotatable bonds is 1. The third kappa shape index (κ3) is 1.65. The molecule has 0 fully saturated rings. The third-order valence-corrected chi connectivity index (χ3v) is 1.51. The Balaban J connectivity index is 2.56. The summed E-state index contributed by atoms with van der Waals surface area (Å²) in [5, 5.41) is 0. The highest BCUT2D eigenvalue weighted by molar-refractivity contribution is 7.79.